The smallest absolute Gasteiger partial charge is 0.204 e. The van der Waals surface area contributed by atoms with E-state index in [2.05, 4.69) is 4.90 Å². The van der Waals surface area contributed by atoms with Gasteiger partial charge in [-0.25, -0.2) is 0 Å². The van der Waals surface area contributed by atoms with E-state index in [1.165, 1.54) is 12.8 Å². The number of hydrogen-bond donors (Lipinski definition) is 1. The Morgan fingerprint density at radius 1 is 1.16 bits per heavy atom. The summed E-state index contributed by atoms with van der Waals surface area (Å²) in [7, 11) is 0. The number of anilines is 1. The lowest BCUT2D eigenvalue weighted by Crippen LogP contribution is -2.58. The van der Waals surface area contributed by atoms with Gasteiger partial charge in [0.2, 0.25) is 5.96 Å². The molecule has 2 aromatic rings. The Balaban J connectivity index is 1.73. The number of hydrogen-bond acceptors (Lipinski definition) is 4. The van der Waals surface area contributed by atoms with Crippen LogP contribution in [0.25, 0.3) is 0 Å². The summed E-state index contributed by atoms with van der Waals surface area (Å²) in [5.41, 5.74) is 1.50. The molecule has 1 atom stereocenters. The first kappa shape index (κ1) is 15.2. The molecule has 5 rings (SSSR count). The summed E-state index contributed by atoms with van der Waals surface area (Å²) in [5.74, 6) is 1.58. The minimum atomic E-state index is -1.21. The van der Waals surface area contributed by atoms with Crippen molar-refractivity contribution >= 4 is 23.2 Å². The molecular formula is C20H20ClN3O. The number of aliphatic hydroxyl groups is 1. The zero-order valence-electron chi connectivity index (χ0n) is 13.9. The molecule has 1 unspecified atom stereocenters. The largest absolute Gasteiger partial charge is 0.363 e. The number of halogens is 1. The van der Waals surface area contributed by atoms with Gasteiger partial charge in [-0.15, -0.1) is 0 Å². The minimum absolute atomic E-state index is 0.682. The Bertz CT molecular complexity index is 849. The molecule has 0 spiro atoms. The van der Waals surface area contributed by atoms with Crippen LogP contribution >= 0.6 is 11.6 Å². The van der Waals surface area contributed by atoms with Gasteiger partial charge < -0.3 is 14.9 Å². The van der Waals surface area contributed by atoms with Gasteiger partial charge >= 0.3 is 0 Å². The molecular weight excluding hydrogens is 334 g/mol. The number of aliphatic imine (C=N–C) groups is 1. The monoisotopic (exact) mass is 353 g/mol. The second-order valence-electron chi connectivity index (χ2n) is 7.09. The van der Waals surface area contributed by atoms with Crippen molar-refractivity contribution in [2.45, 2.75) is 18.6 Å². The first-order valence-electron chi connectivity index (χ1n) is 8.85. The predicted molar refractivity (Wildman–Crippen MR) is 100.0 cm³/mol. The minimum Gasteiger partial charge on any atom is -0.363 e. The predicted octanol–water partition coefficient (Wildman–Crippen LogP) is 3.44. The Morgan fingerprint density at radius 3 is 2.72 bits per heavy atom. The molecule has 0 bridgehead atoms. The molecule has 1 N–H and O–H groups in total. The molecule has 1 fully saturated rings. The lowest BCUT2D eigenvalue weighted by molar-refractivity contribution is -0.0359. The van der Waals surface area contributed by atoms with Gasteiger partial charge in [0.05, 0.1) is 12.2 Å². The van der Waals surface area contributed by atoms with Crippen LogP contribution in [0.3, 0.4) is 0 Å². The van der Waals surface area contributed by atoms with Crippen LogP contribution in [0.2, 0.25) is 5.02 Å². The average molecular weight is 354 g/mol. The maximum Gasteiger partial charge on any atom is 0.204 e. The van der Waals surface area contributed by atoms with E-state index < -0.39 is 5.72 Å². The van der Waals surface area contributed by atoms with Crippen LogP contribution in [-0.2, 0) is 5.72 Å². The second-order valence-corrected chi connectivity index (χ2v) is 7.52. The van der Waals surface area contributed by atoms with Gasteiger partial charge in [0, 0.05) is 29.2 Å². The summed E-state index contributed by atoms with van der Waals surface area (Å²) in [6.07, 6.45) is 2.53. The fourth-order valence-corrected chi connectivity index (χ4v) is 4.14. The van der Waals surface area contributed by atoms with Crippen molar-refractivity contribution < 1.29 is 5.11 Å². The Hall–Kier alpha value is -2.04. The summed E-state index contributed by atoms with van der Waals surface area (Å²) in [4.78, 5) is 9.03. The number of benzene rings is 2. The van der Waals surface area contributed by atoms with E-state index in [-0.39, 0.29) is 0 Å². The van der Waals surface area contributed by atoms with E-state index >= 15 is 0 Å². The molecule has 2 aliphatic heterocycles. The maximum absolute atomic E-state index is 11.9. The lowest BCUT2D eigenvalue weighted by Gasteiger charge is -2.48. The van der Waals surface area contributed by atoms with Crippen molar-refractivity contribution in [3.63, 3.8) is 0 Å². The van der Waals surface area contributed by atoms with Gasteiger partial charge in [0.1, 0.15) is 0 Å². The van der Waals surface area contributed by atoms with Crippen LogP contribution in [0.4, 0.5) is 5.69 Å². The summed E-state index contributed by atoms with van der Waals surface area (Å²) in [6, 6.07) is 15.6. The van der Waals surface area contributed by atoms with Gasteiger partial charge in [-0.3, -0.25) is 4.99 Å². The van der Waals surface area contributed by atoms with Gasteiger partial charge in [-0.05, 0) is 30.9 Å². The number of guanidine groups is 1. The molecule has 0 radical (unpaired) electrons. The Labute approximate surface area is 152 Å². The van der Waals surface area contributed by atoms with E-state index in [0.717, 1.165) is 29.3 Å². The van der Waals surface area contributed by atoms with Crippen molar-refractivity contribution in [2.24, 2.45) is 10.9 Å². The molecule has 0 amide bonds. The third kappa shape index (κ3) is 2.28. The molecule has 2 heterocycles. The van der Waals surface area contributed by atoms with Crippen molar-refractivity contribution in [3.8, 4) is 0 Å². The molecule has 0 saturated heterocycles. The highest BCUT2D eigenvalue weighted by Crippen LogP contribution is 2.46. The summed E-state index contributed by atoms with van der Waals surface area (Å²) in [5, 5.41) is 12.6. The SMILES string of the molecule is OC1(c2ccccc2)c2ccc(Cl)cc2N(CC2CC2)C2=NCCN21. The normalized spacial score (nSPS) is 24.8. The van der Waals surface area contributed by atoms with Crippen molar-refractivity contribution in [2.75, 3.05) is 24.5 Å². The molecule has 0 aromatic heterocycles. The van der Waals surface area contributed by atoms with Gasteiger partial charge in [0.15, 0.2) is 5.72 Å². The highest BCUT2D eigenvalue weighted by Gasteiger charge is 2.50. The van der Waals surface area contributed by atoms with Crippen LogP contribution in [0.5, 0.6) is 0 Å². The van der Waals surface area contributed by atoms with Crippen molar-refractivity contribution in [1.82, 2.24) is 4.90 Å². The zero-order valence-corrected chi connectivity index (χ0v) is 14.7. The van der Waals surface area contributed by atoms with Crippen molar-refractivity contribution in [1.29, 1.82) is 0 Å². The Morgan fingerprint density at radius 2 is 1.96 bits per heavy atom. The first-order chi connectivity index (χ1) is 12.2. The molecule has 128 valence electrons. The fraction of sp³-hybridized carbons (Fsp3) is 0.350. The van der Waals surface area contributed by atoms with Crippen LogP contribution in [0.1, 0.15) is 24.0 Å². The molecule has 1 saturated carbocycles. The molecule has 3 aliphatic rings. The topological polar surface area (TPSA) is 39.1 Å². The van der Waals surface area contributed by atoms with E-state index in [1.807, 2.05) is 53.4 Å². The van der Waals surface area contributed by atoms with E-state index in [4.69, 9.17) is 16.6 Å². The third-order valence-electron chi connectivity index (χ3n) is 5.39. The maximum atomic E-state index is 11.9. The second kappa shape index (κ2) is 5.48. The number of rotatable bonds is 3. The summed E-state index contributed by atoms with van der Waals surface area (Å²) in [6.45, 7) is 2.35. The fourth-order valence-electron chi connectivity index (χ4n) is 3.97. The van der Waals surface area contributed by atoms with Crippen LogP contribution in [-0.4, -0.2) is 35.6 Å². The third-order valence-corrected chi connectivity index (χ3v) is 5.63. The van der Waals surface area contributed by atoms with Gasteiger partial charge in [0.25, 0.3) is 0 Å². The van der Waals surface area contributed by atoms with Crippen LogP contribution in [0, 0.1) is 5.92 Å². The molecule has 5 heteroatoms. The molecule has 1 aliphatic carbocycles. The van der Waals surface area contributed by atoms with Gasteiger partial charge in [-0.1, -0.05) is 48.0 Å². The highest BCUT2D eigenvalue weighted by molar-refractivity contribution is 6.31. The summed E-state index contributed by atoms with van der Waals surface area (Å²) >= 11 is 6.31. The molecule has 4 nitrogen and oxygen atoms in total. The lowest BCUT2D eigenvalue weighted by atomic mass is 9.89. The summed E-state index contributed by atoms with van der Waals surface area (Å²) < 4.78 is 0. The number of fused-ring (bicyclic) bond motifs is 2. The van der Waals surface area contributed by atoms with E-state index in [1.54, 1.807) is 0 Å². The Kier molecular flexibility index (Phi) is 3.34. The zero-order chi connectivity index (χ0) is 17.0. The quantitative estimate of drug-likeness (QED) is 0.918. The van der Waals surface area contributed by atoms with Crippen molar-refractivity contribution in [3.05, 3.63) is 64.7 Å². The van der Waals surface area contributed by atoms with E-state index in [9.17, 15) is 5.11 Å². The standard InChI is InChI=1S/C20H20ClN3O/c21-16-8-9-17-18(12-16)23(13-14-6-7-14)19-22-10-11-24(19)20(17,25)15-4-2-1-3-5-15/h1-5,8-9,12,14,25H,6-7,10-11,13H2. The van der Waals surface area contributed by atoms with Crippen LogP contribution in [0.15, 0.2) is 53.5 Å². The van der Waals surface area contributed by atoms with Gasteiger partial charge in [-0.2, -0.15) is 0 Å². The first-order valence-corrected chi connectivity index (χ1v) is 9.23. The number of nitrogens with zero attached hydrogens (tertiary/aromatic N) is 3. The molecule has 2 aromatic carbocycles. The average Bonchev–Trinajstić information content (AvgIpc) is 3.32. The highest BCUT2D eigenvalue weighted by atomic mass is 35.5. The molecule has 25 heavy (non-hydrogen) atoms. The van der Waals surface area contributed by atoms with Crippen LogP contribution < -0.4 is 4.90 Å². The van der Waals surface area contributed by atoms with E-state index in [0.29, 0.717) is 24.0 Å².